The number of benzene rings is 1. The van der Waals surface area contributed by atoms with Gasteiger partial charge in [0.2, 0.25) is 23.6 Å². The molecule has 1 aliphatic rings. The Morgan fingerprint density at radius 1 is 1.09 bits per heavy atom. The average molecular weight is 478 g/mol. The van der Waals surface area contributed by atoms with E-state index in [1.54, 1.807) is 30.3 Å². The standard InChI is InChI=1S/C22H31N5O7/c23-14(8-9-18(24)29)21(32)27-10-4-7-17(27)20(31)26-16(12-28)19(30)25-15(22(33)34)11-13-5-2-1-3-6-13/h1-3,5-6,14-17,28H,4,7-12,23H2,(H2,24,29)(H,25,30)(H,26,31)(H,33,34)/t14-,15-,16-,17-/m0/s1. The zero-order valence-electron chi connectivity index (χ0n) is 18.7. The average Bonchev–Trinajstić information content (AvgIpc) is 3.30. The van der Waals surface area contributed by atoms with Gasteiger partial charge in [0, 0.05) is 19.4 Å². The van der Waals surface area contributed by atoms with Crippen molar-refractivity contribution in [3.63, 3.8) is 0 Å². The lowest BCUT2D eigenvalue weighted by Crippen LogP contribution is -2.57. The number of hydrogen-bond donors (Lipinski definition) is 6. The normalized spacial score (nSPS) is 17.9. The number of rotatable bonds is 12. The number of amides is 4. The molecule has 1 saturated heterocycles. The van der Waals surface area contributed by atoms with E-state index in [0.29, 0.717) is 18.4 Å². The zero-order chi connectivity index (χ0) is 25.3. The SMILES string of the molecule is NC(=O)CC[C@H](N)C(=O)N1CCC[C@H]1C(=O)N[C@@H](CO)C(=O)N[C@@H](Cc1ccccc1)C(=O)O. The van der Waals surface area contributed by atoms with E-state index in [2.05, 4.69) is 10.6 Å². The number of aliphatic hydroxyl groups is 1. The number of aliphatic hydroxyl groups excluding tert-OH is 1. The number of nitrogens with two attached hydrogens (primary N) is 2. The van der Waals surface area contributed by atoms with Gasteiger partial charge >= 0.3 is 5.97 Å². The van der Waals surface area contributed by atoms with Gasteiger partial charge in [-0.15, -0.1) is 0 Å². The van der Waals surface area contributed by atoms with Gasteiger partial charge < -0.3 is 37.2 Å². The summed E-state index contributed by atoms with van der Waals surface area (Å²) in [5.74, 6) is -3.91. The lowest BCUT2D eigenvalue weighted by atomic mass is 10.1. The van der Waals surface area contributed by atoms with Gasteiger partial charge in [-0.1, -0.05) is 30.3 Å². The molecule has 0 aromatic heterocycles. The third-order valence-corrected chi connectivity index (χ3v) is 5.57. The predicted octanol–water partition coefficient (Wildman–Crippen LogP) is -2.14. The van der Waals surface area contributed by atoms with E-state index in [9.17, 15) is 34.2 Å². The second-order valence-electron chi connectivity index (χ2n) is 8.13. The molecule has 1 aromatic rings. The van der Waals surface area contributed by atoms with Crippen LogP contribution in [0, 0.1) is 0 Å². The Morgan fingerprint density at radius 2 is 1.76 bits per heavy atom. The van der Waals surface area contributed by atoms with Crippen LogP contribution in [0.25, 0.3) is 0 Å². The number of carboxylic acids is 1. The highest BCUT2D eigenvalue weighted by molar-refractivity contribution is 5.94. The van der Waals surface area contributed by atoms with Gasteiger partial charge in [-0.3, -0.25) is 19.2 Å². The Labute approximate surface area is 196 Å². The van der Waals surface area contributed by atoms with Gasteiger partial charge in [0.15, 0.2) is 0 Å². The maximum atomic E-state index is 12.8. The van der Waals surface area contributed by atoms with Crippen molar-refractivity contribution in [3.8, 4) is 0 Å². The molecule has 1 aliphatic heterocycles. The van der Waals surface area contributed by atoms with Gasteiger partial charge in [0.1, 0.15) is 18.1 Å². The number of carbonyl (C=O) groups excluding carboxylic acids is 4. The summed E-state index contributed by atoms with van der Waals surface area (Å²) in [4.78, 5) is 61.9. The largest absolute Gasteiger partial charge is 0.480 e. The van der Waals surface area contributed by atoms with Crippen LogP contribution in [0.5, 0.6) is 0 Å². The van der Waals surface area contributed by atoms with Crippen LogP contribution in [0.1, 0.15) is 31.2 Å². The van der Waals surface area contributed by atoms with E-state index in [1.165, 1.54) is 4.90 Å². The van der Waals surface area contributed by atoms with Crippen LogP contribution in [-0.4, -0.2) is 82.0 Å². The fourth-order valence-electron chi connectivity index (χ4n) is 3.72. The van der Waals surface area contributed by atoms with Crippen molar-refractivity contribution in [1.82, 2.24) is 15.5 Å². The minimum atomic E-state index is -1.41. The van der Waals surface area contributed by atoms with Crippen molar-refractivity contribution < 1.29 is 34.2 Å². The molecule has 34 heavy (non-hydrogen) atoms. The van der Waals surface area contributed by atoms with E-state index in [1.807, 2.05) is 0 Å². The van der Waals surface area contributed by atoms with E-state index in [4.69, 9.17) is 11.5 Å². The molecule has 4 amide bonds. The summed E-state index contributed by atoms with van der Waals surface area (Å²) in [7, 11) is 0. The van der Waals surface area contributed by atoms with Crippen LogP contribution >= 0.6 is 0 Å². The van der Waals surface area contributed by atoms with Gasteiger partial charge in [-0.05, 0) is 24.8 Å². The second kappa shape index (κ2) is 12.7. The molecule has 0 bridgehead atoms. The first-order valence-corrected chi connectivity index (χ1v) is 11.0. The minimum absolute atomic E-state index is 0.0160. The molecule has 0 spiro atoms. The summed E-state index contributed by atoms with van der Waals surface area (Å²) in [6, 6.07) is 4.08. The van der Waals surface area contributed by atoms with E-state index >= 15 is 0 Å². The third kappa shape index (κ3) is 7.52. The molecule has 1 aromatic carbocycles. The number of aliphatic carboxylic acids is 1. The van der Waals surface area contributed by atoms with Crippen LogP contribution in [-0.2, 0) is 30.4 Å². The Balaban J connectivity index is 2.00. The van der Waals surface area contributed by atoms with Crippen molar-refractivity contribution >= 4 is 29.6 Å². The summed E-state index contributed by atoms with van der Waals surface area (Å²) in [5.41, 5.74) is 11.6. The number of carbonyl (C=O) groups is 5. The van der Waals surface area contributed by atoms with Crippen LogP contribution in [0.4, 0.5) is 0 Å². The first-order valence-electron chi connectivity index (χ1n) is 11.0. The van der Waals surface area contributed by atoms with Crippen molar-refractivity contribution in [2.24, 2.45) is 11.5 Å². The van der Waals surface area contributed by atoms with E-state index < -0.39 is 60.4 Å². The second-order valence-corrected chi connectivity index (χ2v) is 8.13. The van der Waals surface area contributed by atoms with Crippen molar-refractivity contribution in [2.75, 3.05) is 13.2 Å². The topological polar surface area (TPSA) is 205 Å². The Bertz CT molecular complexity index is 895. The van der Waals surface area contributed by atoms with Crippen LogP contribution < -0.4 is 22.1 Å². The fourth-order valence-corrected chi connectivity index (χ4v) is 3.72. The van der Waals surface area contributed by atoms with E-state index in [-0.39, 0.29) is 25.8 Å². The molecule has 8 N–H and O–H groups in total. The summed E-state index contributed by atoms with van der Waals surface area (Å²) < 4.78 is 0. The maximum Gasteiger partial charge on any atom is 0.326 e. The van der Waals surface area contributed by atoms with Crippen LogP contribution in [0.3, 0.4) is 0 Å². The maximum absolute atomic E-state index is 12.8. The predicted molar refractivity (Wildman–Crippen MR) is 120 cm³/mol. The lowest BCUT2D eigenvalue weighted by Gasteiger charge is -2.28. The highest BCUT2D eigenvalue weighted by Gasteiger charge is 2.37. The molecule has 1 heterocycles. The number of carboxylic acid groups (broad SMARTS) is 1. The van der Waals surface area contributed by atoms with Gasteiger partial charge in [-0.2, -0.15) is 0 Å². The quantitative estimate of drug-likeness (QED) is 0.195. The van der Waals surface area contributed by atoms with Crippen molar-refractivity contribution in [2.45, 2.75) is 56.3 Å². The number of likely N-dealkylation sites (tertiary alicyclic amines) is 1. The fraction of sp³-hybridized carbons (Fsp3) is 0.500. The number of nitrogens with zero attached hydrogens (tertiary/aromatic N) is 1. The Morgan fingerprint density at radius 3 is 2.35 bits per heavy atom. The van der Waals surface area contributed by atoms with Crippen molar-refractivity contribution in [1.29, 1.82) is 0 Å². The molecule has 0 saturated carbocycles. The van der Waals surface area contributed by atoms with Gasteiger partial charge in [0.25, 0.3) is 0 Å². The molecule has 12 heteroatoms. The van der Waals surface area contributed by atoms with Crippen LogP contribution in [0.2, 0.25) is 0 Å². The Kier molecular flexibility index (Phi) is 9.95. The molecule has 2 rings (SSSR count). The third-order valence-electron chi connectivity index (χ3n) is 5.57. The summed E-state index contributed by atoms with van der Waals surface area (Å²) in [5, 5.41) is 23.8. The zero-order valence-corrected chi connectivity index (χ0v) is 18.7. The smallest absolute Gasteiger partial charge is 0.326 e. The molecule has 0 aliphatic carbocycles. The molecule has 0 radical (unpaired) electrons. The summed E-state index contributed by atoms with van der Waals surface area (Å²) in [6.45, 7) is -0.497. The molecule has 0 unspecified atom stereocenters. The number of primary amides is 1. The molecule has 4 atom stereocenters. The highest BCUT2D eigenvalue weighted by Crippen LogP contribution is 2.19. The van der Waals surface area contributed by atoms with E-state index in [0.717, 1.165) is 0 Å². The summed E-state index contributed by atoms with van der Waals surface area (Å²) in [6.07, 6.45) is 0.838. The van der Waals surface area contributed by atoms with Gasteiger partial charge in [-0.25, -0.2) is 4.79 Å². The Hall–Kier alpha value is -3.51. The molecular weight excluding hydrogens is 446 g/mol. The number of hydrogen-bond acceptors (Lipinski definition) is 7. The highest BCUT2D eigenvalue weighted by atomic mass is 16.4. The van der Waals surface area contributed by atoms with Crippen LogP contribution in [0.15, 0.2) is 30.3 Å². The molecule has 186 valence electrons. The molecular formula is C22H31N5O7. The first-order chi connectivity index (χ1) is 16.1. The minimum Gasteiger partial charge on any atom is -0.480 e. The number of nitrogens with one attached hydrogen (secondary N) is 2. The molecule has 12 nitrogen and oxygen atoms in total. The van der Waals surface area contributed by atoms with Crippen molar-refractivity contribution in [3.05, 3.63) is 35.9 Å². The first kappa shape index (κ1) is 26.7. The monoisotopic (exact) mass is 477 g/mol. The lowest BCUT2D eigenvalue weighted by molar-refractivity contribution is -0.143. The molecule has 1 fully saturated rings. The summed E-state index contributed by atoms with van der Waals surface area (Å²) >= 11 is 0. The van der Waals surface area contributed by atoms with Gasteiger partial charge in [0.05, 0.1) is 12.6 Å².